The Balaban J connectivity index is 2.00. The summed E-state index contributed by atoms with van der Waals surface area (Å²) in [4.78, 5) is 11.8. The van der Waals surface area contributed by atoms with Crippen LogP contribution in [0, 0.1) is 0 Å². The lowest BCUT2D eigenvalue weighted by Gasteiger charge is -2.35. The van der Waals surface area contributed by atoms with E-state index in [2.05, 4.69) is 0 Å². The first-order chi connectivity index (χ1) is 12.5. The molecule has 2 aromatic rings. The minimum absolute atomic E-state index is 0.0319. The maximum absolute atomic E-state index is 11.8. The summed E-state index contributed by atoms with van der Waals surface area (Å²) >= 11 is 6.52. The number of carbonyl (C=O) groups is 1. The van der Waals surface area contributed by atoms with Gasteiger partial charge in [-0.05, 0) is 17.7 Å². The van der Waals surface area contributed by atoms with E-state index in [9.17, 15) is 20.1 Å². The van der Waals surface area contributed by atoms with Crippen molar-refractivity contribution in [2.24, 2.45) is 0 Å². The van der Waals surface area contributed by atoms with Gasteiger partial charge in [-0.15, -0.1) is 11.6 Å². The van der Waals surface area contributed by atoms with Crippen LogP contribution in [0.2, 0.25) is 0 Å². The molecule has 3 N–H and O–H groups in total. The SMILES string of the molecule is O=C(O)c1ccccc1C1C2=C(C=C(O)CC2Cl)Oc2cc(O)ccc21. The Morgan fingerprint density at radius 1 is 1.12 bits per heavy atom. The van der Waals surface area contributed by atoms with Crippen LogP contribution in [0.1, 0.15) is 33.8 Å². The number of allylic oxidation sites excluding steroid dienone is 3. The van der Waals surface area contributed by atoms with E-state index in [1.54, 1.807) is 30.3 Å². The van der Waals surface area contributed by atoms with E-state index < -0.39 is 17.3 Å². The summed E-state index contributed by atoms with van der Waals surface area (Å²) in [5.74, 6) is -0.564. The molecule has 6 heteroatoms. The van der Waals surface area contributed by atoms with Crippen LogP contribution in [0.25, 0.3) is 0 Å². The summed E-state index contributed by atoms with van der Waals surface area (Å²) in [5.41, 5.74) is 2.18. The summed E-state index contributed by atoms with van der Waals surface area (Å²) in [6, 6.07) is 11.5. The van der Waals surface area contributed by atoms with E-state index in [-0.39, 0.29) is 23.5 Å². The van der Waals surface area contributed by atoms with E-state index in [1.165, 1.54) is 18.2 Å². The second kappa shape index (κ2) is 6.11. The van der Waals surface area contributed by atoms with Crippen molar-refractivity contribution in [3.05, 3.63) is 82.3 Å². The second-order valence-electron chi connectivity index (χ2n) is 6.28. The maximum atomic E-state index is 11.8. The Labute approximate surface area is 154 Å². The van der Waals surface area contributed by atoms with E-state index in [4.69, 9.17) is 16.3 Å². The van der Waals surface area contributed by atoms with Crippen molar-refractivity contribution in [3.8, 4) is 11.5 Å². The zero-order valence-electron chi connectivity index (χ0n) is 13.5. The molecule has 2 unspecified atom stereocenters. The highest BCUT2D eigenvalue weighted by atomic mass is 35.5. The summed E-state index contributed by atoms with van der Waals surface area (Å²) < 4.78 is 5.86. The average Bonchev–Trinajstić information content (AvgIpc) is 2.59. The fourth-order valence-electron chi connectivity index (χ4n) is 3.57. The highest BCUT2D eigenvalue weighted by Gasteiger charge is 2.38. The molecule has 1 heterocycles. The molecular weight excluding hydrogens is 356 g/mol. The lowest BCUT2D eigenvalue weighted by molar-refractivity contribution is 0.0695. The highest BCUT2D eigenvalue weighted by molar-refractivity contribution is 6.23. The van der Waals surface area contributed by atoms with E-state index >= 15 is 0 Å². The molecule has 0 saturated heterocycles. The number of hydrogen-bond donors (Lipinski definition) is 3. The Kier molecular flexibility index (Phi) is 3.89. The Morgan fingerprint density at radius 2 is 1.88 bits per heavy atom. The van der Waals surface area contributed by atoms with Crippen molar-refractivity contribution in [1.82, 2.24) is 0 Å². The van der Waals surface area contributed by atoms with Gasteiger partial charge in [-0.1, -0.05) is 24.3 Å². The second-order valence-corrected chi connectivity index (χ2v) is 6.80. The minimum Gasteiger partial charge on any atom is -0.512 e. The number of phenols is 1. The predicted octanol–water partition coefficient (Wildman–Crippen LogP) is 4.32. The number of aromatic hydroxyl groups is 1. The number of aliphatic hydroxyl groups is 1. The molecule has 0 bridgehead atoms. The molecule has 1 aliphatic heterocycles. The molecular formula is C20H15ClO5. The first-order valence-corrected chi connectivity index (χ1v) is 8.50. The fraction of sp³-hybridized carbons (Fsp3) is 0.150. The first kappa shape index (κ1) is 16.5. The zero-order valence-corrected chi connectivity index (χ0v) is 14.3. The molecule has 2 aromatic carbocycles. The van der Waals surface area contributed by atoms with Gasteiger partial charge in [-0.3, -0.25) is 0 Å². The summed E-state index contributed by atoms with van der Waals surface area (Å²) in [7, 11) is 0. The molecule has 0 fully saturated rings. The topological polar surface area (TPSA) is 87.0 Å². The smallest absolute Gasteiger partial charge is 0.335 e. The number of aliphatic hydroxyl groups excluding tert-OH is 1. The van der Waals surface area contributed by atoms with Crippen molar-refractivity contribution >= 4 is 17.6 Å². The van der Waals surface area contributed by atoms with Crippen molar-refractivity contribution in [3.63, 3.8) is 0 Å². The van der Waals surface area contributed by atoms with Crippen molar-refractivity contribution in [2.45, 2.75) is 17.7 Å². The summed E-state index contributed by atoms with van der Waals surface area (Å²) in [6.45, 7) is 0. The molecule has 5 nitrogen and oxygen atoms in total. The number of halogens is 1. The number of carboxylic acid groups (broad SMARTS) is 1. The highest BCUT2D eigenvalue weighted by Crippen LogP contribution is 2.49. The number of ether oxygens (including phenoxy) is 1. The number of phenolic OH excluding ortho intramolecular Hbond substituents is 1. The van der Waals surface area contributed by atoms with Crippen LogP contribution in [-0.4, -0.2) is 26.7 Å². The van der Waals surface area contributed by atoms with Crippen molar-refractivity contribution in [2.75, 3.05) is 0 Å². The summed E-state index contributed by atoms with van der Waals surface area (Å²) in [5, 5.41) is 28.8. The first-order valence-electron chi connectivity index (χ1n) is 8.06. The molecule has 0 aromatic heterocycles. The largest absolute Gasteiger partial charge is 0.512 e. The van der Waals surface area contributed by atoms with Gasteiger partial charge in [-0.25, -0.2) is 4.79 Å². The van der Waals surface area contributed by atoms with Gasteiger partial charge in [0, 0.05) is 35.6 Å². The van der Waals surface area contributed by atoms with Crippen LogP contribution < -0.4 is 4.74 Å². The molecule has 4 rings (SSSR count). The molecule has 132 valence electrons. The van der Waals surface area contributed by atoms with Crippen molar-refractivity contribution < 1.29 is 24.9 Å². The number of rotatable bonds is 2. The van der Waals surface area contributed by atoms with Gasteiger partial charge in [-0.2, -0.15) is 0 Å². The van der Waals surface area contributed by atoms with E-state index in [1.807, 2.05) is 0 Å². The molecule has 0 amide bonds. The lowest BCUT2D eigenvalue weighted by atomic mass is 9.77. The number of hydrogen-bond acceptors (Lipinski definition) is 4. The number of benzene rings is 2. The van der Waals surface area contributed by atoms with Crippen LogP contribution >= 0.6 is 11.6 Å². The summed E-state index contributed by atoms with van der Waals surface area (Å²) in [6.07, 6.45) is 1.74. The van der Waals surface area contributed by atoms with Crippen LogP contribution in [0.3, 0.4) is 0 Å². The van der Waals surface area contributed by atoms with Crippen molar-refractivity contribution in [1.29, 1.82) is 0 Å². The normalized spacial score (nSPS) is 21.3. The quantitative estimate of drug-likeness (QED) is 0.685. The minimum atomic E-state index is -1.03. The number of carboxylic acids is 1. The van der Waals surface area contributed by atoms with Gasteiger partial charge in [0.05, 0.1) is 16.7 Å². The maximum Gasteiger partial charge on any atom is 0.335 e. The molecule has 2 aliphatic rings. The molecule has 26 heavy (non-hydrogen) atoms. The third-order valence-electron chi connectivity index (χ3n) is 4.65. The van der Waals surface area contributed by atoms with Gasteiger partial charge in [0.1, 0.15) is 17.3 Å². The Bertz CT molecular complexity index is 976. The number of fused-ring (bicyclic) bond motifs is 1. The molecule has 2 atom stereocenters. The Morgan fingerprint density at radius 3 is 2.65 bits per heavy atom. The number of alkyl halides is 1. The fourth-order valence-corrected chi connectivity index (χ4v) is 3.96. The van der Waals surface area contributed by atoms with Gasteiger partial charge >= 0.3 is 5.97 Å². The standard InChI is InChI=1S/C20H15ClO5/c21-15-7-11(23)9-17-19(15)18(12-3-1-2-4-13(12)20(24)25)14-6-5-10(22)8-16(14)26-17/h1-6,8-9,15,18,22-23H,7H2,(H,24,25). The number of aromatic carboxylic acids is 1. The molecule has 0 radical (unpaired) electrons. The molecule has 1 aliphatic carbocycles. The third kappa shape index (κ3) is 2.61. The van der Waals surface area contributed by atoms with E-state index in [0.717, 1.165) is 5.56 Å². The zero-order chi connectivity index (χ0) is 18.4. The van der Waals surface area contributed by atoms with Crippen LogP contribution in [-0.2, 0) is 0 Å². The monoisotopic (exact) mass is 370 g/mol. The van der Waals surface area contributed by atoms with Crippen LogP contribution in [0.15, 0.2) is 65.6 Å². The van der Waals surface area contributed by atoms with E-state index in [0.29, 0.717) is 22.6 Å². The van der Waals surface area contributed by atoms with Gasteiger partial charge in [0.2, 0.25) is 0 Å². The molecule has 0 spiro atoms. The van der Waals surface area contributed by atoms with Crippen LogP contribution in [0.4, 0.5) is 0 Å². The van der Waals surface area contributed by atoms with Gasteiger partial charge < -0.3 is 20.1 Å². The Hall–Kier alpha value is -2.92. The average molecular weight is 371 g/mol. The third-order valence-corrected chi connectivity index (χ3v) is 5.04. The van der Waals surface area contributed by atoms with Gasteiger partial charge in [0.15, 0.2) is 0 Å². The molecule has 0 saturated carbocycles. The lowest BCUT2D eigenvalue weighted by Crippen LogP contribution is -2.26. The predicted molar refractivity (Wildman–Crippen MR) is 96.0 cm³/mol. The van der Waals surface area contributed by atoms with Gasteiger partial charge in [0.25, 0.3) is 0 Å². The van der Waals surface area contributed by atoms with Crippen LogP contribution in [0.5, 0.6) is 11.5 Å².